The molecule has 0 aliphatic carbocycles. The van der Waals surface area contributed by atoms with Crippen molar-refractivity contribution >= 4 is 40.9 Å². The molecule has 1 aromatic heterocycles. The molecule has 0 aromatic carbocycles. The molecule has 0 fully saturated rings. The van der Waals surface area contributed by atoms with Crippen molar-refractivity contribution in [1.29, 1.82) is 0 Å². The topological polar surface area (TPSA) is 42.0 Å². The number of pyridine rings is 1. The Morgan fingerprint density at radius 3 is 2.82 bits per heavy atom. The highest BCUT2D eigenvalue weighted by molar-refractivity contribution is 7.99. The van der Waals surface area contributed by atoms with Crippen molar-refractivity contribution in [2.45, 2.75) is 18.6 Å². The van der Waals surface area contributed by atoms with Gasteiger partial charge in [-0.15, -0.1) is 0 Å². The molecule has 1 heterocycles. The number of carbonyl (C=O) groups is 1. The lowest BCUT2D eigenvalue weighted by molar-refractivity contribution is 0.0953. The summed E-state index contributed by atoms with van der Waals surface area (Å²) in [6.07, 6.45) is 2.97. The van der Waals surface area contributed by atoms with E-state index in [1.165, 1.54) is 0 Å². The van der Waals surface area contributed by atoms with Crippen LogP contribution in [0.1, 0.15) is 23.7 Å². The Bertz CT molecular complexity index is 401. The third-order valence-electron chi connectivity index (χ3n) is 2.30. The van der Waals surface area contributed by atoms with Crippen LogP contribution in [0.4, 0.5) is 0 Å². The molecule has 3 nitrogen and oxygen atoms in total. The zero-order valence-electron chi connectivity index (χ0n) is 9.67. The molecule has 1 unspecified atom stereocenters. The minimum atomic E-state index is -0.215. The van der Waals surface area contributed by atoms with E-state index >= 15 is 0 Å². The number of hydrogen-bond acceptors (Lipinski definition) is 3. The SMILES string of the molecule is CSC(C)CCNC(=O)c1ccc(Cl)nc1Cl. The second kappa shape index (κ2) is 7.09. The highest BCUT2D eigenvalue weighted by Crippen LogP contribution is 2.16. The molecule has 0 aliphatic heterocycles. The number of hydrogen-bond donors (Lipinski definition) is 1. The Morgan fingerprint density at radius 1 is 1.53 bits per heavy atom. The molecule has 1 atom stereocenters. The van der Waals surface area contributed by atoms with Gasteiger partial charge in [-0.2, -0.15) is 11.8 Å². The summed E-state index contributed by atoms with van der Waals surface area (Å²) in [5.41, 5.74) is 0.355. The molecule has 0 bridgehead atoms. The minimum absolute atomic E-state index is 0.132. The summed E-state index contributed by atoms with van der Waals surface area (Å²) in [7, 11) is 0. The van der Waals surface area contributed by atoms with Gasteiger partial charge in [0.25, 0.3) is 5.91 Å². The van der Waals surface area contributed by atoms with Crippen LogP contribution < -0.4 is 5.32 Å². The van der Waals surface area contributed by atoms with E-state index < -0.39 is 0 Å². The molecule has 1 N–H and O–H groups in total. The van der Waals surface area contributed by atoms with Crippen LogP contribution in [0, 0.1) is 0 Å². The number of carbonyl (C=O) groups excluding carboxylic acids is 1. The summed E-state index contributed by atoms with van der Waals surface area (Å²) in [6, 6.07) is 3.12. The Balaban J connectivity index is 2.52. The van der Waals surface area contributed by atoms with Gasteiger partial charge in [-0.3, -0.25) is 4.79 Å². The normalized spacial score (nSPS) is 12.2. The molecule has 17 heavy (non-hydrogen) atoms. The average Bonchev–Trinajstić information content (AvgIpc) is 2.28. The van der Waals surface area contributed by atoms with Crippen molar-refractivity contribution in [2.75, 3.05) is 12.8 Å². The quantitative estimate of drug-likeness (QED) is 0.847. The van der Waals surface area contributed by atoms with Crippen LogP contribution in [-0.4, -0.2) is 28.9 Å². The number of halogens is 2. The Labute approximate surface area is 115 Å². The zero-order chi connectivity index (χ0) is 12.8. The van der Waals surface area contributed by atoms with Gasteiger partial charge in [-0.1, -0.05) is 30.1 Å². The molecule has 0 saturated heterocycles. The van der Waals surface area contributed by atoms with Gasteiger partial charge in [-0.05, 0) is 24.8 Å². The summed E-state index contributed by atoms with van der Waals surface area (Å²) in [5.74, 6) is -0.215. The van der Waals surface area contributed by atoms with Crippen LogP contribution in [0.5, 0.6) is 0 Å². The maximum absolute atomic E-state index is 11.8. The number of nitrogens with one attached hydrogen (secondary N) is 1. The first-order valence-corrected chi connectivity index (χ1v) is 7.22. The monoisotopic (exact) mass is 292 g/mol. The first-order valence-electron chi connectivity index (χ1n) is 5.17. The van der Waals surface area contributed by atoms with E-state index in [4.69, 9.17) is 23.2 Å². The molecular formula is C11H14Cl2N2OS. The second-order valence-corrected chi connectivity index (χ2v) is 5.58. The molecule has 1 amide bonds. The first kappa shape index (κ1) is 14.6. The van der Waals surface area contributed by atoms with Crippen LogP contribution in [-0.2, 0) is 0 Å². The van der Waals surface area contributed by atoms with E-state index in [2.05, 4.69) is 17.2 Å². The predicted octanol–water partition coefficient (Wildman–Crippen LogP) is 3.26. The summed E-state index contributed by atoms with van der Waals surface area (Å²) in [5, 5.41) is 3.74. The highest BCUT2D eigenvalue weighted by Gasteiger charge is 2.11. The lowest BCUT2D eigenvalue weighted by Crippen LogP contribution is -2.26. The van der Waals surface area contributed by atoms with E-state index in [9.17, 15) is 4.79 Å². The molecule has 0 aliphatic rings. The van der Waals surface area contributed by atoms with Crippen molar-refractivity contribution in [1.82, 2.24) is 10.3 Å². The number of nitrogens with zero attached hydrogens (tertiary/aromatic N) is 1. The standard InChI is InChI=1S/C11H14Cl2N2OS/c1-7(17-2)5-6-14-11(16)8-3-4-9(12)15-10(8)13/h3-4,7H,5-6H2,1-2H3,(H,14,16). The van der Waals surface area contributed by atoms with Crippen molar-refractivity contribution in [3.05, 3.63) is 28.0 Å². The van der Waals surface area contributed by atoms with Crippen molar-refractivity contribution < 1.29 is 4.79 Å². The number of thioether (sulfide) groups is 1. The Hall–Kier alpha value is -0.450. The molecule has 94 valence electrons. The van der Waals surface area contributed by atoms with Crippen molar-refractivity contribution in [2.24, 2.45) is 0 Å². The van der Waals surface area contributed by atoms with Gasteiger partial charge in [0.2, 0.25) is 0 Å². The third-order valence-corrected chi connectivity index (χ3v) is 3.84. The van der Waals surface area contributed by atoms with Gasteiger partial charge in [0.1, 0.15) is 10.3 Å². The highest BCUT2D eigenvalue weighted by atomic mass is 35.5. The molecule has 1 aromatic rings. The smallest absolute Gasteiger partial charge is 0.254 e. The number of rotatable bonds is 5. The molecule has 0 saturated carbocycles. The average molecular weight is 293 g/mol. The molecule has 0 spiro atoms. The number of aromatic nitrogens is 1. The lowest BCUT2D eigenvalue weighted by Gasteiger charge is -2.09. The predicted molar refractivity (Wildman–Crippen MR) is 74.2 cm³/mol. The van der Waals surface area contributed by atoms with Gasteiger partial charge >= 0.3 is 0 Å². The van der Waals surface area contributed by atoms with Gasteiger partial charge in [0.15, 0.2) is 0 Å². The zero-order valence-corrected chi connectivity index (χ0v) is 12.0. The van der Waals surface area contributed by atoms with E-state index in [1.807, 2.05) is 6.26 Å². The van der Waals surface area contributed by atoms with Crippen molar-refractivity contribution in [3.63, 3.8) is 0 Å². The first-order chi connectivity index (χ1) is 8.04. The fourth-order valence-electron chi connectivity index (χ4n) is 1.18. The van der Waals surface area contributed by atoms with Crippen molar-refractivity contribution in [3.8, 4) is 0 Å². The van der Waals surface area contributed by atoms with Gasteiger partial charge in [0.05, 0.1) is 5.56 Å². The summed E-state index contributed by atoms with van der Waals surface area (Å²) in [6.45, 7) is 2.74. The maximum Gasteiger partial charge on any atom is 0.254 e. The molecule has 1 rings (SSSR count). The van der Waals surface area contributed by atoms with Gasteiger partial charge < -0.3 is 5.32 Å². The molecular weight excluding hydrogens is 279 g/mol. The van der Waals surface area contributed by atoms with Gasteiger partial charge in [-0.25, -0.2) is 4.98 Å². The van der Waals surface area contributed by atoms with Gasteiger partial charge in [0, 0.05) is 11.8 Å². The van der Waals surface area contributed by atoms with E-state index in [0.29, 0.717) is 17.4 Å². The van der Waals surface area contributed by atoms with E-state index in [1.54, 1.807) is 23.9 Å². The fourth-order valence-corrected chi connectivity index (χ4v) is 1.97. The maximum atomic E-state index is 11.8. The fraction of sp³-hybridized carbons (Fsp3) is 0.455. The molecule has 0 radical (unpaired) electrons. The second-order valence-electron chi connectivity index (χ2n) is 3.56. The third kappa shape index (κ3) is 4.74. The molecule has 6 heteroatoms. The van der Waals surface area contributed by atoms with Crippen LogP contribution in [0.3, 0.4) is 0 Å². The van der Waals surface area contributed by atoms with E-state index in [0.717, 1.165) is 6.42 Å². The summed E-state index contributed by atoms with van der Waals surface area (Å²) >= 11 is 13.3. The summed E-state index contributed by atoms with van der Waals surface area (Å²) in [4.78, 5) is 15.6. The Kier molecular flexibility index (Phi) is 6.09. The Morgan fingerprint density at radius 2 is 2.24 bits per heavy atom. The largest absolute Gasteiger partial charge is 0.352 e. The summed E-state index contributed by atoms with van der Waals surface area (Å²) < 4.78 is 0. The number of amides is 1. The minimum Gasteiger partial charge on any atom is -0.352 e. The van der Waals surface area contributed by atoms with Crippen LogP contribution >= 0.6 is 35.0 Å². The van der Waals surface area contributed by atoms with Crippen LogP contribution in [0.15, 0.2) is 12.1 Å². The van der Waals surface area contributed by atoms with E-state index in [-0.39, 0.29) is 16.2 Å². The van der Waals surface area contributed by atoms with Crippen LogP contribution in [0.2, 0.25) is 10.3 Å². The van der Waals surface area contributed by atoms with Crippen LogP contribution in [0.25, 0.3) is 0 Å². The lowest BCUT2D eigenvalue weighted by atomic mass is 10.2.